The fourth-order valence-electron chi connectivity index (χ4n) is 2.40. The Labute approximate surface area is 141 Å². The first-order chi connectivity index (χ1) is 11.3. The van der Waals surface area contributed by atoms with Gasteiger partial charge in [-0.2, -0.15) is 5.10 Å². The fourth-order valence-corrected chi connectivity index (χ4v) is 2.40. The number of phenolic OH excluding ortho intramolecular Hbond substituents is 1. The zero-order valence-electron chi connectivity index (χ0n) is 14.2. The van der Waals surface area contributed by atoms with Crippen molar-refractivity contribution < 1.29 is 19.4 Å². The number of carbonyl (C=O) groups is 2. The van der Waals surface area contributed by atoms with Crippen molar-refractivity contribution in [3.05, 3.63) is 29.8 Å². The summed E-state index contributed by atoms with van der Waals surface area (Å²) in [4.78, 5) is 25.7. The van der Waals surface area contributed by atoms with Crippen LogP contribution in [0.5, 0.6) is 5.75 Å². The van der Waals surface area contributed by atoms with Gasteiger partial charge in [0.2, 0.25) is 0 Å². The number of aromatic hydroxyl groups is 1. The molecule has 0 unspecified atom stereocenters. The van der Waals surface area contributed by atoms with Crippen molar-refractivity contribution in [1.29, 1.82) is 0 Å². The van der Waals surface area contributed by atoms with Crippen LogP contribution in [0.25, 0.3) is 0 Å². The van der Waals surface area contributed by atoms with Gasteiger partial charge in [0.15, 0.2) is 0 Å². The standard InChI is InChI=1S/C17H23N3O4/c1-17(2,3)24-16(23)20-10-6-7-12(20)11-18-19-15(22)13-8-4-5-9-14(13)21/h4-5,8-9,11-12,21H,6-7,10H2,1-3H3,(H,19,22)/b18-11+/t12-/m0/s1. The Balaban J connectivity index is 1.94. The summed E-state index contributed by atoms with van der Waals surface area (Å²) < 4.78 is 5.37. The van der Waals surface area contributed by atoms with Gasteiger partial charge in [-0.3, -0.25) is 4.79 Å². The molecule has 1 heterocycles. The maximum atomic E-state index is 12.2. The van der Waals surface area contributed by atoms with Crippen LogP contribution in [0.15, 0.2) is 29.4 Å². The van der Waals surface area contributed by atoms with Gasteiger partial charge in [-0.05, 0) is 45.7 Å². The third kappa shape index (κ3) is 4.71. The van der Waals surface area contributed by atoms with E-state index < -0.39 is 11.5 Å². The van der Waals surface area contributed by atoms with Crippen molar-refractivity contribution in [3.8, 4) is 5.75 Å². The average Bonchev–Trinajstić information content (AvgIpc) is 2.94. The van der Waals surface area contributed by atoms with Crippen LogP contribution < -0.4 is 5.43 Å². The largest absolute Gasteiger partial charge is 0.507 e. The molecule has 1 saturated heterocycles. The molecule has 0 bridgehead atoms. The zero-order chi connectivity index (χ0) is 17.7. The topological polar surface area (TPSA) is 91.2 Å². The molecule has 2 amide bonds. The van der Waals surface area contributed by atoms with Crippen LogP contribution in [0.2, 0.25) is 0 Å². The van der Waals surface area contributed by atoms with E-state index in [2.05, 4.69) is 10.5 Å². The van der Waals surface area contributed by atoms with Crippen molar-refractivity contribution >= 4 is 18.2 Å². The molecule has 0 radical (unpaired) electrons. The van der Waals surface area contributed by atoms with Crippen LogP contribution >= 0.6 is 0 Å². The molecule has 0 spiro atoms. The summed E-state index contributed by atoms with van der Waals surface area (Å²) in [6.45, 7) is 6.04. The summed E-state index contributed by atoms with van der Waals surface area (Å²) >= 11 is 0. The number of nitrogens with one attached hydrogen (secondary N) is 1. The van der Waals surface area contributed by atoms with E-state index in [1.807, 2.05) is 20.8 Å². The molecule has 7 nitrogen and oxygen atoms in total. The van der Waals surface area contributed by atoms with E-state index >= 15 is 0 Å². The van der Waals surface area contributed by atoms with E-state index in [0.29, 0.717) is 6.54 Å². The molecule has 1 aliphatic heterocycles. The van der Waals surface area contributed by atoms with Crippen LogP contribution in [-0.2, 0) is 4.74 Å². The molecule has 2 rings (SSSR count). The quantitative estimate of drug-likeness (QED) is 0.657. The van der Waals surface area contributed by atoms with Gasteiger partial charge in [-0.1, -0.05) is 12.1 Å². The van der Waals surface area contributed by atoms with Crippen LogP contribution in [0.3, 0.4) is 0 Å². The second kappa shape index (κ2) is 7.33. The highest BCUT2D eigenvalue weighted by Gasteiger charge is 2.31. The molecule has 1 aliphatic rings. The first kappa shape index (κ1) is 17.8. The predicted octanol–water partition coefficient (Wildman–Crippen LogP) is 2.51. The lowest BCUT2D eigenvalue weighted by molar-refractivity contribution is 0.0268. The Bertz CT molecular complexity index is 637. The van der Waals surface area contributed by atoms with Crippen LogP contribution in [0, 0.1) is 0 Å². The van der Waals surface area contributed by atoms with Gasteiger partial charge in [-0.25, -0.2) is 10.2 Å². The lowest BCUT2D eigenvalue weighted by atomic mass is 10.2. The Hall–Kier alpha value is -2.57. The molecule has 1 aromatic rings. The van der Waals surface area contributed by atoms with E-state index in [-0.39, 0.29) is 23.4 Å². The minimum Gasteiger partial charge on any atom is -0.507 e. The number of para-hydroxylation sites is 1. The average molecular weight is 333 g/mol. The second-order valence-corrected chi connectivity index (χ2v) is 6.62. The molecule has 0 aliphatic carbocycles. The van der Waals surface area contributed by atoms with Gasteiger partial charge < -0.3 is 14.7 Å². The van der Waals surface area contributed by atoms with Crippen molar-refractivity contribution in [2.24, 2.45) is 5.10 Å². The van der Waals surface area contributed by atoms with Crippen molar-refractivity contribution in [1.82, 2.24) is 10.3 Å². The number of nitrogens with zero attached hydrogens (tertiary/aromatic N) is 2. The molecular formula is C17H23N3O4. The lowest BCUT2D eigenvalue weighted by Crippen LogP contribution is -2.40. The number of hydrogen-bond acceptors (Lipinski definition) is 5. The number of benzene rings is 1. The van der Waals surface area contributed by atoms with Crippen molar-refractivity contribution in [3.63, 3.8) is 0 Å². The van der Waals surface area contributed by atoms with Gasteiger partial charge in [0, 0.05) is 12.8 Å². The highest BCUT2D eigenvalue weighted by atomic mass is 16.6. The highest BCUT2D eigenvalue weighted by Crippen LogP contribution is 2.20. The number of hydrogen-bond donors (Lipinski definition) is 2. The number of likely N-dealkylation sites (tertiary alicyclic amines) is 1. The zero-order valence-corrected chi connectivity index (χ0v) is 14.2. The van der Waals surface area contributed by atoms with Gasteiger partial charge in [0.1, 0.15) is 11.4 Å². The summed E-state index contributed by atoms with van der Waals surface area (Å²) in [6, 6.07) is 6.00. The summed E-state index contributed by atoms with van der Waals surface area (Å²) in [7, 11) is 0. The smallest absolute Gasteiger partial charge is 0.410 e. The first-order valence-electron chi connectivity index (χ1n) is 7.89. The molecule has 1 aromatic carbocycles. The molecule has 2 N–H and O–H groups in total. The fraction of sp³-hybridized carbons (Fsp3) is 0.471. The summed E-state index contributed by atoms with van der Waals surface area (Å²) in [5, 5.41) is 13.5. The Morgan fingerprint density at radius 1 is 1.38 bits per heavy atom. The number of phenols is 1. The maximum absolute atomic E-state index is 12.2. The maximum Gasteiger partial charge on any atom is 0.410 e. The summed E-state index contributed by atoms with van der Waals surface area (Å²) in [5.41, 5.74) is 1.95. The number of ether oxygens (including phenoxy) is 1. The minimum absolute atomic E-state index is 0.110. The molecule has 1 fully saturated rings. The third-order valence-electron chi connectivity index (χ3n) is 3.49. The Morgan fingerprint density at radius 3 is 2.75 bits per heavy atom. The molecular weight excluding hydrogens is 310 g/mol. The van der Waals surface area contributed by atoms with E-state index in [0.717, 1.165) is 12.8 Å². The van der Waals surface area contributed by atoms with E-state index in [1.54, 1.807) is 17.0 Å². The molecule has 7 heteroatoms. The number of amides is 2. The first-order valence-corrected chi connectivity index (χ1v) is 7.89. The lowest BCUT2D eigenvalue weighted by Gasteiger charge is -2.26. The van der Waals surface area contributed by atoms with Crippen molar-refractivity contribution in [2.45, 2.75) is 45.3 Å². The van der Waals surface area contributed by atoms with Gasteiger partial charge in [0.05, 0.1) is 11.6 Å². The van der Waals surface area contributed by atoms with Crippen LogP contribution in [-0.4, -0.2) is 46.4 Å². The summed E-state index contributed by atoms with van der Waals surface area (Å²) in [5.74, 6) is -0.618. The van der Waals surface area contributed by atoms with Crippen LogP contribution in [0.1, 0.15) is 44.0 Å². The molecule has 24 heavy (non-hydrogen) atoms. The SMILES string of the molecule is CC(C)(C)OC(=O)N1CCC[C@H]1/C=N/NC(=O)c1ccccc1O. The number of rotatable bonds is 3. The normalized spacial score (nSPS) is 18.0. The van der Waals surface area contributed by atoms with E-state index in [1.165, 1.54) is 18.3 Å². The molecule has 130 valence electrons. The number of carbonyl (C=O) groups excluding carboxylic acids is 2. The Morgan fingerprint density at radius 2 is 2.08 bits per heavy atom. The minimum atomic E-state index is -0.555. The van der Waals surface area contributed by atoms with Gasteiger partial charge in [0.25, 0.3) is 5.91 Å². The monoisotopic (exact) mass is 333 g/mol. The summed E-state index contributed by atoms with van der Waals surface area (Å²) in [6.07, 6.45) is 2.75. The highest BCUT2D eigenvalue weighted by molar-refractivity contribution is 5.97. The van der Waals surface area contributed by atoms with Crippen LogP contribution in [0.4, 0.5) is 4.79 Å². The van der Waals surface area contributed by atoms with Gasteiger partial charge in [-0.15, -0.1) is 0 Å². The van der Waals surface area contributed by atoms with E-state index in [9.17, 15) is 14.7 Å². The third-order valence-corrected chi connectivity index (χ3v) is 3.49. The molecule has 0 aromatic heterocycles. The van der Waals surface area contributed by atoms with Crippen molar-refractivity contribution in [2.75, 3.05) is 6.54 Å². The second-order valence-electron chi connectivity index (χ2n) is 6.62. The Kier molecular flexibility index (Phi) is 5.43. The number of hydrazone groups is 1. The van der Waals surface area contributed by atoms with Gasteiger partial charge >= 0.3 is 6.09 Å². The predicted molar refractivity (Wildman–Crippen MR) is 90.0 cm³/mol. The van der Waals surface area contributed by atoms with E-state index in [4.69, 9.17) is 4.74 Å². The molecule has 0 saturated carbocycles. The molecule has 1 atom stereocenters.